The van der Waals surface area contributed by atoms with Gasteiger partial charge in [-0.2, -0.15) is 18.3 Å². The summed E-state index contributed by atoms with van der Waals surface area (Å²) in [6.45, 7) is 0.0486. The highest BCUT2D eigenvalue weighted by Gasteiger charge is 2.31. The fraction of sp³-hybridized carbons (Fsp3) is 0.222. The highest BCUT2D eigenvalue weighted by Crippen LogP contribution is 2.32. The van der Waals surface area contributed by atoms with Crippen LogP contribution in [-0.2, 0) is 17.5 Å². The van der Waals surface area contributed by atoms with Gasteiger partial charge in [-0.3, -0.25) is 9.59 Å². The molecule has 0 unspecified atom stereocenters. The van der Waals surface area contributed by atoms with E-state index in [-0.39, 0.29) is 36.0 Å². The number of nitrogens with one attached hydrogen (secondary N) is 2. The number of hydrogen-bond donors (Lipinski definition) is 2. The van der Waals surface area contributed by atoms with Crippen LogP contribution in [0.15, 0.2) is 47.5 Å². The first kappa shape index (κ1) is 20.6. The van der Waals surface area contributed by atoms with Gasteiger partial charge < -0.3 is 10.6 Å². The summed E-state index contributed by atoms with van der Waals surface area (Å²) < 4.78 is 38.8. The van der Waals surface area contributed by atoms with Crippen LogP contribution in [0.2, 0.25) is 5.02 Å². The molecule has 1 aromatic carbocycles. The minimum absolute atomic E-state index is 0.0707. The fourth-order valence-corrected chi connectivity index (χ4v) is 2.77. The Hall–Kier alpha value is -3.14. The number of nitrogens with zero attached hydrogens (tertiary/aromatic N) is 3. The molecule has 1 amide bonds. The average molecular weight is 426 g/mol. The smallest absolute Gasteiger partial charge is 0.367 e. The summed E-state index contributed by atoms with van der Waals surface area (Å²) in [7, 11) is 0. The van der Waals surface area contributed by atoms with Crippen molar-refractivity contribution in [3.8, 4) is 0 Å². The number of anilines is 1. The number of hydrogen-bond acceptors (Lipinski definition) is 5. The summed E-state index contributed by atoms with van der Waals surface area (Å²) >= 11 is 5.79. The molecule has 11 heteroatoms. The van der Waals surface area contributed by atoms with Crippen LogP contribution in [0.5, 0.6) is 0 Å². The van der Waals surface area contributed by atoms with Crippen molar-refractivity contribution in [2.75, 3.05) is 18.4 Å². The predicted octanol–water partition coefficient (Wildman–Crippen LogP) is 2.69. The van der Waals surface area contributed by atoms with Crippen molar-refractivity contribution in [2.45, 2.75) is 12.7 Å². The van der Waals surface area contributed by atoms with Gasteiger partial charge in [0.15, 0.2) is 0 Å². The Balaban J connectivity index is 1.52. The number of halogens is 4. The number of carbonyl (C=O) groups is 1. The van der Waals surface area contributed by atoms with E-state index in [0.29, 0.717) is 17.0 Å². The molecule has 7 nitrogen and oxygen atoms in total. The van der Waals surface area contributed by atoms with E-state index < -0.39 is 17.6 Å². The van der Waals surface area contributed by atoms with Gasteiger partial charge in [0.25, 0.3) is 5.56 Å². The Morgan fingerprint density at radius 3 is 2.66 bits per heavy atom. The molecular weight excluding hydrogens is 411 g/mol. The molecule has 2 heterocycles. The molecule has 2 N–H and O–H groups in total. The standard InChI is InChI=1S/C18H15ClF3N5O2/c19-14-7-12(18(20,21)22)9-25-16(14)24-6-5-23-15(28)10-27-17(29)13-4-2-1-3-11(13)8-26-27/h1-4,7-9H,5-6,10H2,(H,23,28)(H,24,25). The van der Waals surface area contributed by atoms with E-state index >= 15 is 0 Å². The molecule has 0 aliphatic rings. The van der Waals surface area contributed by atoms with Crippen molar-refractivity contribution in [2.24, 2.45) is 0 Å². The van der Waals surface area contributed by atoms with E-state index in [4.69, 9.17) is 11.6 Å². The van der Waals surface area contributed by atoms with Gasteiger partial charge in [-0.05, 0) is 12.1 Å². The van der Waals surface area contributed by atoms with Gasteiger partial charge in [-0.1, -0.05) is 29.8 Å². The number of amides is 1. The molecule has 0 aliphatic heterocycles. The quantitative estimate of drug-likeness (QED) is 0.593. The molecule has 3 rings (SSSR count). The monoisotopic (exact) mass is 425 g/mol. The normalized spacial score (nSPS) is 11.4. The molecule has 29 heavy (non-hydrogen) atoms. The second kappa shape index (κ2) is 8.48. The number of fused-ring (bicyclic) bond motifs is 1. The molecule has 152 valence electrons. The minimum atomic E-state index is -4.53. The first-order valence-corrected chi connectivity index (χ1v) is 8.81. The van der Waals surface area contributed by atoms with Crippen LogP contribution in [0.1, 0.15) is 5.56 Å². The van der Waals surface area contributed by atoms with Crippen LogP contribution in [0, 0.1) is 0 Å². The van der Waals surface area contributed by atoms with E-state index in [1.807, 2.05) is 0 Å². The predicted molar refractivity (Wildman–Crippen MR) is 102 cm³/mol. The maximum absolute atomic E-state index is 12.6. The maximum atomic E-state index is 12.6. The lowest BCUT2D eigenvalue weighted by Gasteiger charge is -2.11. The Labute approximate surface area is 167 Å². The Bertz CT molecular complexity index is 1100. The van der Waals surface area contributed by atoms with E-state index in [2.05, 4.69) is 20.7 Å². The molecule has 2 aromatic heterocycles. The number of pyridine rings is 1. The summed E-state index contributed by atoms with van der Waals surface area (Å²) in [5, 5.41) is 10.2. The van der Waals surface area contributed by atoms with Crippen LogP contribution >= 0.6 is 11.6 Å². The number of carbonyl (C=O) groups excluding carboxylic acids is 1. The lowest BCUT2D eigenvalue weighted by atomic mass is 10.2. The molecule has 3 aromatic rings. The van der Waals surface area contributed by atoms with Crippen molar-refractivity contribution in [3.05, 3.63) is 63.7 Å². The molecule has 0 saturated carbocycles. The van der Waals surface area contributed by atoms with Crippen molar-refractivity contribution in [1.29, 1.82) is 0 Å². The second-order valence-corrected chi connectivity index (χ2v) is 6.43. The van der Waals surface area contributed by atoms with Gasteiger partial charge in [0, 0.05) is 24.7 Å². The highest BCUT2D eigenvalue weighted by molar-refractivity contribution is 6.32. The third kappa shape index (κ3) is 5.02. The Morgan fingerprint density at radius 1 is 1.17 bits per heavy atom. The third-order valence-electron chi connectivity index (χ3n) is 3.96. The molecule has 0 aliphatic carbocycles. The van der Waals surface area contributed by atoms with Gasteiger partial charge in [0.05, 0.1) is 22.2 Å². The topological polar surface area (TPSA) is 88.9 Å². The Morgan fingerprint density at radius 2 is 1.93 bits per heavy atom. The third-order valence-corrected chi connectivity index (χ3v) is 4.25. The molecule has 0 saturated heterocycles. The largest absolute Gasteiger partial charge is 0.417 e. The summed E-state index contributed by atoms with van der Waals surface area (Å²) in [6, 6.07) is 7.68. The number of aromatic nitrogens is 3. The summed E-state index contributed by atoms with van der Waals surface area (Å²) in [6.07, 6.45) is -2.35. The zero-order valence-electron chi connectivity index (χ0n) is 14.8. The first-order chi connectivity index (χ1) is 13.8. The zero-order valence-corrected chi connectivity index (χ0v) is 15.6. The van der Waals surface area contributed by atoms with E-state index in [1.165, 1.54) is 6.20 Å². The maximum Gasteiger partial charge on any atom is 0.417 e. The van der Waals surface area contributed by atoms with Crippen LogP contribution < -0.4 is 16.2 Å². The Kier molecular flexibility index (Phi) is 6.02. The minimum Gasteiger partial charge on any atom is -0.367 e. The van der Waals surface area contributed by atoms with Crippen LogP contribution in [0.25, 0.3) is 10.8 Å². The van der Waals surface area contributed by atoms with Crippen molar-refractivity contribution >= 4 is 34.1 Å². The van der Waals surface area contributed by atoms with Gasteiger partial charge in [0.2, 0.25) is 5.91 Å². The van der Waals surface area contributed by atoms with Gasteiger partial charge in [-0.15, -0.1) is 0 Å². The number of rotatable bonds is 6. The summed E-state index contributed by atoms with van der Waals surface area (Å²) in [4.78, 5) is 28.0. The molecule has 0 spiro atoms. The van der Waals surface area contributed by atoms with Crippen LogP contribution in [-0.4, -0.2) is 33.8 Å². The lowest BCUT2D eigenvalue weighted by molar-refractivity contribution is -0.137. The molecular formula is C18H15ClF3N5O2. The number of alkyl halides is 3. The number of benzene rings is 1. The van der Waals surface area contributed by atoms with E-state index in [9.17, 15) is 22.8 Å². The zero-order chi connectivity index (χ0) is 21.0. The summed E-state index contributed by atoms with van der Waals surface area (Å²) in [5.41, 5.74) is -1.33. The first-order valence-electron chi connectivity index (χ1n) is 8.44. The molecule has 0 bridgehead atoms. The van der Waals surface area contributed by atoms with Crippen LogP contribution in [0.4, 0.5) is 19.0 Å². The fourth-order valence-electron chi connectivity index (χ4n) is 2.54. The van der Waals surface area contributed by atoms with E-state index in [1.54, 1.807) is 24.3 Å². The highest BCUT2D eigenvalue weighted by atomic mass is 35.5. The summed E-state index contributed by atoms with van der Waals surface area (Å²) in [5.74, 6) is -0.371. The van der Waals surface area contributed by atoms with Gasteiger partial charge >= 0.3 is 6.18 Å². The second-order valence-electron chi connectivity index (χ2n) is 6.02. The van der Waals surface area contributed by atoms with Crippen molar-refractivity contribution < 1.29 is 18.0 Å². The molecule has 0 radical (unpaired) electrons. The average Bonchev–Trinajstić information content (AvgIpc) is 2.68. The lowest BCUT2D eigenvalue weighted by Crippen LogP contribution is -2.35. The van der Waals surface area contributed by atoms with Crippen molar-refractivity contribution in [1.82, 2.24) is 20.1 Å². The van der Waals surface area contributed by atoms with Gasteiger partial charge in [-0.25, -0.2) is 9.67 Å². The molecule has 0 fully saturated rings. The SMILES string of the molecule is O=C(Cn1ncc2ccccc2c1=O)NCCNc1ncc(C(F)(F)F)cc1Cl. The molecule has 0 atom stereocenters. The van der Waals surface area contributed by atoms with Gasteiger partial charge in [0.1, 0.15) is 12.4 Å². The van der Waals surface area contributed by atoms with E-state index in [0.717, 1.165) is 10.7 Å². The van der Waals surface area contributed by atoms with Crippen molar-refractivity contribution in [3.63, 3.8) is 0 Å². The van der Waals surface area contributed by atoms with Crippen LogP contribution in [0.3, 0.4) is 0 Å².